The number of anilines is 1. The summed E-state index contributed by atoms with van der Waals surface area (Å²) < 4.78 is 0. The van der Waals surface area contributed by atoms with Crippen LogP contribution in [-0.2, 0) is 9.59 Å². The molecule has 0 fully saturated rings. The number of amides is 2. The second kappa shape index (κ2) is 9.83. The molecule has 2 aromatic carbocycles. The number of para-hydroxylation sites is 1. The topological polar surface area (TPSA) is 53.0 Å². The molecule has 0 spiro atoms. The van der Waals surface area contributed by atoms with Crippen LogP contribution in [0, 0.1) is 0 Å². The average molecular weight is 377 g/mol. The molecular weight excluding hydrogens is 350 g/mol. The highest BCUT2D eigenvalue weighted by Crippen LogP contribution is 2.18. The Morgan fingerprint density at radius 2 is 1.68 bits per heavy atom. The van der Waals surface area contributed by atoms with E-state index in [1.807, 2.05) is 60.7 Å². The lowest BCUT2D eigenvalue weighted by Gasteiger charge is -2.23. The van der Waals surface area contributed by atoms with Gasteiger partial charge in [-0.05, 0) is 24.1 Å². The predicted octanol–water partition coefficient (Wildman–Crippen LogP) is 4.24. The fraction of sp³-hybridized carbons (Fsp3) is 0.348. The van der Waals surface area contributed by atoms with E-state index in [9.17, 15) is 9.59 Å². The third-order valence-electron chi connectivity index (χ3n) is 4.85. The van der Waals surface area contributed by atoms with Gasteiger partial charge in [0.05, 0.1) is 12.3 Å². The van der Waals surface area contributed by atoms with Crippen molar-refractivity contribution in [2.45, 2.75) is 39.0 Å². The van der Waals surface area contributed by atoms with Gasteiger partial charge in [0.2, 0.25) is 11.8 Å². The fourth-order valence-electron chi connectivity index (χ4n) is 3.27. The molecule has 3 rings (SSSR count). The Hall–Kier alpha value is -2.95. The second-order valence-electron chi connectivity index (χ2n) is 6.91. The number of nitrogens with zero attached hydrogens (tertiary/aromatic N) is 3. The van der Waals surface area contributed by atoms with Crippen LogP contribution in [0.5, 0.6) is 0 Å². The van der Waals surface area contributed by atoms with Gasteiger partial charge in [0.1, 0.15) is 0 Å². The quantitative estimate of drug-likeness (QED) is 0.691. The van der Waals surface area contributed by atoms with Crippen LogP contribution in [-0.4, -0.2) is 35.6 Å². The minimum atomic E-state index is -0.0946. The van der Waals surface area contributed by atoms with Crippen LogP contribution < -0.4 is 4.90 Å². The summed E-state index contributed by atoms with van der Waals surface area (Å²) >= 11 is 0. The molecule has 0 bridgehead atoms. The minimum absolute atomic E-state index is 0.0144. The first kappa shape index (κ1) is 19.8. The molecule has 1 aliphatic heterocycles. The molecule has 0 N–H and O–H groups in total. The highest BCUT2D eigenvalue weighted by Gasteiger charge is 2.23. The van der Waals surface area contributed by atoms with E-state index in [2.05, 4.69) is 12.0 Å². The average Bonchev–Trinajstić information content (AvgIpc) is 3.24. The van der Waals surface area contributed by atoms with Crippen molar-refractivity contribution in [2.24, 2.45) is 5.10 Å². The van der Waals surface area contributed by atoms with Crippen molar-refractivity contribution < 1.29 is 9.59 Å². The first-order chi connectivity index (χ1) is 13.7. The van der Waals surface area contributed by atoms with E-state index >= 15 is 0 Å². The monoisotopic (exact) mass is 377 g/mol. The summed E-state index contributed by atoms with van der Waals surface area (Å²) in [5, 5.41) is 5.97. The zero-order valence-corrected chi connectivity index (χ0v) is 16.4. The summed E-state index contributed by atoms with van der Waals surface area (Å²) in [6.45, 7) is 3.36. The highest BCUT2D eigenvalue weighted by atomic mass is 16.2. The molecule has 2 amide bonds. The van der Waals surface area contributed by atoms with E-state index in [4.69, 9.17) is 0 Å². The van der Waals surface area contributed by atoms with Crippen LogP contribution in [0.3, 0.4) is 0 Å². The first-order valence-corrected chi connectivity index (χ1v) is 9.97. The maximum absolute atomic E-state index is 12.8. The number of carbonyl (C=O) groups excluding carboxylic acids is 2. The SMILES string of the molecule is CCCCN(C(=O)CCC(=O)N1CCC(c2ccccc2)=N1)c1ccccc1. The Kier molecular flexibility index (Phi) is 6.95. The third kappa shape index (κ3) is 5.06. The summed E-state index contributed by atoms with van der Waals surface area (Å²) in [5.74, 6) is -0.109. The third-order valence-corrected chi connectivity index (χ3v) is 4.85. The maximum atomic E-state index is 12.8. The Morgan fingerprint density at radius 1 is 1.00 bits per heavy atom. The van der Waals surface area contributed by atoms with Crippen LogP contribution in [0.4, 0.5) is 5.69 Å². The first-order valence-electron chi connectivity index (χ1n) is 9.97. The van der Waals surface area contributed by atoms with Gasteiger partial charge in [0.25, 0.3) is 0 Å². The predicted molar refractivity (Wildman–Crippen MR) is 112 cm³/mol. The summed E-state index contributed by atoms with van der Waals surface area (Å²) in [6.07, 6.45) is 3.08. The lowest BCUT2D eigenvalue weighted by Crippen LogP contribution is -2.33. The lowest BCUT2D eigenvalue weighted by atomic mass is 10.1. The van der Waals surface area contributed by atoms with Gasteiger partial charge < -0.3 is 4.90 Å². The van der Waals surface area contributed by atoms with Crippen molar-refractivity contribution in [3.05, 3.63) is 66.2 Å². The Balaban J connectivity index is 1.58. The number of rotatable bonds is 8. The van der Waals surface area contributed by atoms with Crippen LogP contribution in [0.2, 0.25) is 0 Å². The van der Waals surface area contributed by atoms with Crippen molar-refractivity contribution in [1.82, 2.24) is 5.01 Å². The molecular formula is C23H27N3O2. The van der Waals surface area contributed by atoms with Crippen molar-refractivity contribution in [3.63, 3.8) is 0 Å². The standard InChI is InChI=1S/C23H27N3O2/c1-2-3-17-25(20-12-8-5-9-13-20)22(27)14-15-23(28)26-18-16-21(24-26)19-10-6-4-7-11-19/h4-13H,2-3,14-18H2,1H3. The molecule has 5 nitrogen and oxygen atoms in total. The van der Waals surface area contributed by atoms with Crippen LogP contribution in [0.1, 0.15) is 44.6 Å². The van der Waals surface area contributed by atoms with E-state index in [0.29, 0.717) is 13.1 Å². The number of hydrogen-bond acceptors (Lipinski definition) is 3. The molecule has 0 saturated heterocycles. The maximum Gasteiger partial charge on any atom is 0.243 e. The summed E-state index contributed by atoms with van der Waals surface area (Å²) in [5.41, 5.74) is 2.86. The number of hydrogen-bond donors (Lipinski definition) is 0. The molecule has 0 radical (unpaired) electrons. The Morgan fingerprint density at radius 3 is 2.36 bits per heavy atom. The second-order valence-corrected chi connectivity index (χ2v) is 6.91. The smallest absolute Gasteiger partial charge is 0.243 e. The van der Waals surface area contributed by atoms with Crippen LogP contribution >= 0.6 is 0 Å². The number of carbonyl (C=O) groups is 2. The van der Waals surface area contributed by atoms with E-state index in [-0.39, 0.29) is 24.7 Å². The zero-order valence-electron chi connectivity index (χ0n) is 16.4. The Labute approximate surface area is 166 Å². The van der Waals surface area contributed by atoms with E-state index in [0.717, 1.165) is 36.2 Å². The molecule has 0 aromatic heterocycles. The molecule has 1 aliphatic rings. The lowest BCUT2D eigenvalue weighted by molar-refractivity contribution is -0.132. The van der Waals surface area contributed by atoms with Gasteiger partial charge in [-0.3, -0.25) is 9.59 Å². The molecule has 0 saturated carbocycles. The number of benzene rings is 2. The molecule has 0 atom stereocenters. The van der Waals surface area contributed by atoms with Gasteiger partial charge in [0, 0.05) is 31.5 Å². The number of unbranched alkanes of at least 4 members (excludes halogenated alkanes) is 1. The molecule has 146 valence electrons. The zero-order chi connectivity index (χ0) is 19.8. The van der Waals surface area contributed by atoms with Gasteiger partial charge in [-0.2, -0.15) is 5.10 Å². The molecule has 5 heteroatoms. The van der Waals surface area contributed by atoms with Crippen molar-refractivity contribution >= 4 is 23.2 Å². The van der Waals surface area contributed by atoms with Gasteiger partial charge in [-0.15, -0.1) is 0 Å². The van der Waals surface area contributed by atoms with E-state index in [1.54, 1.807) is 4.90 Å². The molecule has 0 unspecified atom stereocenters. The Bertz CT molecular complexity index is 818. The summed E-state index contributed by atoms with van der Waals surface area (Å²) in [4.78, 5) is 27.1. The minimum Gasteiger partial charge on any atom is -0.312 e. The summed E-state index contributed by atoms with van der Waals surface area (Å²) in [7, 11) is 0. The molecule has 2 aromatic rings. The highest BCUT2D eigenvalue weighted by molar-refractivity contribution is 6.03. The van der Waals surface area contributed by atoms with Gasteiger partial charge in [0.15, 0.2) is 0 Å². The molecule has 0 aliphatic carbocycles. The van der Waals surface area contributed by atoms with Crippen molar-refractivity contribution in [3.8, 4) is 0 Å². The van der Waals surface area contributed by atoms with Crippen molar-refractivity contribution in [1.29, 1.82) is 0 Å². The molecule has 1 heterocycles. The number of hydrazone groups is 1. The van der Waals surface area contributed by atoms with E-state index < -0.39 is 0 Å². The van der Waals surface area contributed by atoms with Gasteiger partial charge in [-0.25, -0.2) is 5.01 Å². The largest absolute Gasteiger partial charge is 0.312 e. The van der Waals surface area contributed by atoms with E-state index in [1.165, 1.54) is 5.01 Å². The summed E-state index contributed by atoms with van der Waals surface area (Å²) in [6, 6.07) is 19.6. The van der Waals surface area contributed by atoms with Crippen molar-refractivity contribution in [2.75, 3.05) is 18.0 Å². The van der Waals surface area contributed by atoms with Gasteiger partial charge in [-0.1, -0.05) is 61.9 Å². The molecule has 28 heavy (non-hydrogen) atoms. The van der Waals surface area contributed by atoms with Crippen LogP contribution in [0.15, 0.2) is 65.8 Å². The van der Waals surface area contributed by atoms with Crippen LogP contribution in [0.25, 0.3) is 0 Å². The normalized spacial score (nSPS) is 13.3. The fourth-order valence-corrected chi connectivity index (χ4v) is 3.27. The van der Waals surface area contributed by atoms with Gasteiger partial charge >= 0.3 is 0 Å².